The van der Waals surface area contributed by atoms with E-state index in [9.17, 15) is 14.7 Å². The SMILES string of the molecule is CC(=O)CCOCCOCCOCCOCCOCCOCCOCCOCCOCCOCCOCCOCCNC=O.CNCC(O)C(O)C(O)CCO. The van der Waals surface area contributed by atoms with Gasteiger partial charge in [0.15, 0.2) is 0 Å². The number of Topliss-reactive ketones (excluding diaryl/α,β-unsaturated/α-hetero) is 1. The van der Waals surface area contributed by atoms with Gasteiger partial charge in [0.2, 0.25) is 6.41 Å². The van der Waals surface area contributed by atoms with Crippen LogP contribution in [-0.4, -0.2) is 236 Å². The third-order valence-corrected chi connectivity index (χ3v) is 6.79. The van der Waals surface area contributed by atoms with Crippen LogP contribution >= 0.6 is 0 Å². The molecule has 0 aliphatic carbocycles. The Morgan fingerprint density at radius 2 is 0.786 bits per heavy atom. The first-order valence-corrected chi connectivity index (χ1v) is 19.3. The van der Waals surface area contributed by atoms with E-state index in [4.69, 9.17) is 72.2 Å². The van der Waals surface area contributed by atoms with Crippen LogP contribution in [0, 0.1) is 0 Å². The largest absolute Gasteiger partial charge is 0.396 e. The second-order valence-corrected chi connectivity index (χ2v) is 11.6. The third-order valence-electron chi connectivity index (χ3n) is 6.79. The van der Waals surface area contributed by atoms with E-state index >= 15 is 0 Å². The molecule has 0 aromatic heterocycles. The maximum Gasteiger partial charge on any atom is 0.207 e. The van der Waals surface area contributed by atoms with Gasteiger partial charge in [0.25, 0.3) is 0 Å². The highest BCUT2D eigenvalue weighted by Gasteiger charge is 2.23. The Kier molecular flexibility index (Phi) is 50.1. The highest BCUT2D eigenvalue weighted by atomic mass is 16.6. The smallest absolute Gasteiger partial charge is 0.207 e. The molecule has 20 nitrogen and oxygen atoms in total. The van der Waals surface area contributed by atoms with Crippen LogP contribution in [0.5, 0.6) is 0 Å². The lowest BCUT2D eigenvalue weighted by Crippen LogP contribution is -2.42. The van der Waals surface area contributed by atoms with Crippen LogP contribution in [0.1, 0.15) is 19.8 Å². The number of ketones is 1. The Bertz CT molecular complexity index is 768. The molecule has 0 spiro atoms. The third kappa shape index (κ3) is 48.6. The number of rotatable bonds is 46. The van der Waals surface area contributed by atoms with Crippen molar-refractivity contribution in [3.05, 3.63) is 0 Å². The van der Waals surface area contributed by atoms with Gasteiger partial charge >= 0.3 is 0 Å². The molecule has 0 heterocycles. The van der Waals surface area contributed by atoms with E-state index in [1.807, 2.05) is 0 Å². The number of aliphatic hydroxyl groups excluding tert-OH is 4. The molecule has 0 aromatic rings. The number of hydrogen-bond acceptors (Lipinski definition) is 19. The number of hydrogen-bond donors (Lipinski definition) is 6. The van der Waals surface area contributed by atoms with E-state index in [2.05, 4.69) is 10.6 Å². The standard InChI is InChI=1S/C29H57NO14.C7H17NO4/c1-29(32)2-4-33-6-8-35-10-12-37-14-16-39-18-20-41-22-24-43-26-27-44-25-23-42-21-19-40-17-15-38-13-11-36-9-7-34-5-3-30-28-31;1-8-4-6(11)7(12)5(10)2-3-9/h28H,2-27H2,1H3,(H,30,31);5-12H,2-4H2,1H3. The topological polar surface area (TPSA) is 250 Å². The van der Waals surface area contributed by atoms with Crippen LogP contribution in [0.25, 0.3) is 0 Å². The molecular formula is C36H74N2O18. The minimum atomic E-state index is -1.20. The molecule has 0 radical (unpaired) electrons. The molecule has 0 saturated heterocycles. The van der Waals surface area contributed by atoms with Crippen molar-refractivity contribution in [2.24, 2.45) is 0 Å². The molecular weight excluding hydrogens is 748 g/mol. The summed E-state index contributed by atoms with van der Waals surface area (Å²) in [5, 5.41) is 41.1. The van der Waals surface area contributed by atoms with Crippen molar-refractivity contribution in [1.82, 2.24) is 10.6 Å². The van der Waals surface area contributed by atoms with Crippen LogP contribution in [-0.2, 0) is 66.4 Å². The van der Waals surface area contributed by atoms with Gasteiger partial charge in [-0.15, -0.1) is 0 Å². The molecule has 0 aromatic carbocycles. The highest BCUT2D eigenvalue weighted by molar-refractivity contribution is 5.75. The number of aliphatic hydroxyl groups is 4. The summed E-state index contributed by atoms with van der Waals surface area (Å²) >= 11 is 0. The fraction of sp³-hybridized carbons (Fsp3) is 0.944. The monoisotopic (exact) mass is 822 g/mol. The van der Waals surface area contributed by atoms with Crippen molar-refractivity contribution >= 4 is 12.2 Å². The minimum absolute atomic E-state index is 0.0714. The molecule has 336 valence electrons. The maximum absolute atomic E-state index is 10.8. The zero-order chi connectivity index (χ0) is 41.4. The molecule has 3 atom stereocenters. The van der Waals surface area contributed by atoms with Crippen molar-refractivity contribution in [3.8, 4) is 0 Å². The summed E-state index contributed by atoms with van der Waals surface area (Å²) in [5.74, 6) is 0.123. The minimum Gasteiger partial charge on any atom is -0.396 e. The average molecular weight is 823 g/mol. The molecule has 3 unspecified atom stereocenters. The number of likely N-dealkylation sites (N-methyl/N-ethyl adjacent to an activating group) is 1. The van der Waals surface area contributed by atoms with Crippen molar-refractivity contribution < 1.29 is 86.9 Å². The van der Waals surface area contributed by atoms with Gasteiger partial charge in [-0.05, 0) is 20.4 Å². The lowest BCUT2D eigenvalue weighted by Gasteiger charge is -2.21. The zero-order valence-corrected chi connectivity index (χ0v) is 33.8. The lowest BCUT2D eigenvalue weighted by atomic mass is 10.1. The maximum atomic E-state index is 10.8. The van der Waals surface area contributed by atoms with Crippen LogP contribution in [0.3, 0.4) is 0 Å². The van der Waals surface area contributed by atoms with Gasteiger partial charge in [0, 0.05) is 26.1 Å². The zero-order valence-electron chi connectivity index (χ0n) is 33.8. The average Bonchev–Trinajstić information content (AvgIpc) is 3.18. The fourth-order valence-electron chi connectivity index (χ4n) is 3.82. The predicted octanol–water partition coefficient (Wildman–Crippen LogP) is -2.42. The lowest BCUT2D eigenvalue weighted by molar-refractivity contribution is -0.118. The Hall–Kier alpha value is -1.54. The van der Waals surface area contributed by atoms with E-state index in [-0.39, 0.29) is 25.4 Å². The van der Waals surface area contributed by atoms with E-state index in [0.717, 1.165) is 0 Å². The van der Waals surface area contributed by atoms with Crippen LogP contribution in [0.2, 0.25) is 0 Å². The van der Waals surface area contributed by atoms with Gasteiger partial charge < -0.3 is 87.9 Å². The van der Waals surface area contributed by atoms with E-state index in [1.165, 1.54) is 0 Å². The molecule has 0 bridgehead atoms. The van der Waals surface area contributed by atoms with Crippen LogP contribution in [0.4, 0.5) is 0 Å². The molecule has 20 heteroatoms. The molecule has 0 rings (SSSR count). The van der Waals surface area contributed by atoms with E-state index in [1.54, 1.807) is 14.0 Å². The normalized spacial score (nSPS) is 12.9. The van der Waals surface area contributed by atoms with Gasteiger partial charge in [0.05, 0.1) is 171 Å². The molecule has 6 N–H and O–H groups in total. The Morgan fingerprint density at radius 3 is 1.04 bits per heavy atom. The number of ether oxygens (including phenoxy) is 12. The molecule has 56 heavy (non-hydrogen) atoms. The predicted molar refractivity (Wildman–Crippen MR) is 203 cm³/mol. The van der Waals surface area contributed by atoms with E-state index in [0.29, 0.717) is 178 Å². The number of nitrogens with one attached hydrogen (secondary N) is 2. The molecule has 1 amide bonds. The fourth-order valence-corrected chi connectivity index (χ4v) is 3.82. The highest BCUT2D eigenvalue weighted by Crippen LogP contribution is 2.03. The summed E-state index contributed by atoms with van der Waals surface area (Å²) in [6.45, 7) is 13.8. The van der Waals surface area contributed by atoms with Gasteiger partial charge in [0.1, 0.15) is 11.9 Å². The molecule has 0 aliphatic heterocycles. The molecule has 0 saturated carbocycles. The van der Waals surface area contributed by atoms with Gasteiger partial charge in [-0.2, -0.15) is 0 Å². The van der Waals surface area contributed by atoms with Gasteiger partial charge in [-0.1, -0.05) is 0 Å². The van der Waals surface area contributed by atoms with Crippen LogP contribution in [0.15, 0.2) is 0 Å². The first kappa shape index (κ1) is 56.6. The number of amides is 1. The summed E-state index contributed by atoms with van der Waals surface area (Å²) in [6, 6.07) is 0. The quantitative estimate of drug-likeness (QED) is 0.0276. The molecule has 0 aliphatic rings. The summed E-state index contributed by atoms with van der Waals surface area (Å²) in [6.07, 6.45) is -2.12. The number of carbonyl (C=O) groups is 2. The summed E-state index contributed by atoms with van der Waals surface area (Å²) < 4.78 is 64.8. The second-order valence-electron chi connectivity index (χ2n) is 11.6. The molecule has 0 fully saturated rings. The Balaban J connectivity index is 0. The second kappa shape index (κ2) is 49.6. The van der Waals surface area contributed by atoms with Crippen molar-refractivity contribution in [1.29, 1.82) is 0 Å². The van der Waals surface area contributed by atoms with Crippen LogP contribution < -0.4 is 10.6 Å². The summed E-state index contributed by atoms with van der Waals surface area (Å²) in [4.78, 5) is 20.8. The van der Waals surface area contributed by atoms with Gasteiger partial charge in [-0.25, -0.2) is 0 Å². The van der Waals surface area contributed by atoms with Crippen molar-refractivity contribution in [3.63, 3.8) is 0 Å². The Labute approximate surface area is 332 Å². The first-order chi connectivity index (χ1) is 27.4. The summed E-state index contributed by atoms with van der Waals surface area (Å²) in [7, 11) is 1.63. The summed E-state index contributed by atoms with van der Waals surface area (Å²) in [5.41, 5.74) is 0. The number of carbonyl (C=O) groups excluding carboxylic acids is 2. The Morgan fingerprint density at radius 1 is 0.500 bits per heavy atom. The van der Waals surface area contributed by atoms with Gasteiger partial charge in [-0.3, -0.25) is 9.59 Å². The van der Waals surface area contributed by atoms with E-state index < -0.39 is 18.3 Å². The first-order valence-electron chi connectivity index (χ1n) is 19.3. The van der Waals surface area contributed by atoms with Crippen molar-refractivity contribution in [2.45, 2.75) is 38.1 Å². The van der Waals surface area contributed by atoms with Crippen molar-refractivity contribution in [2.75, 3.05) is 185 Å².